The molecule has 0 aliphatic heterocycles. The summed E-state index contributed by atoms with van der Waals surface area (Å²) in [5.74, 6) is 2.94. The largest absolute Gasteiger partial charge is 0.396 e. The van der Waals surface area contributed by atoms with E-state index in [2.05, 4.69) is 34.6 Å². The van der Waals surface area contributed by atoms with Crippen molar-refractivity contribution in [1.82, 2.24) is 0 Å². The van der Waals surface area contributed by atoms with Crippen LogP contribution in [0.4, 0.5) is 0 Å². The van der Waals surface area contributed by atoms with Gasteiger partial charge in [0.2, 0.25) is 0 Å². The van der Waals surface area contributed by atoms with E-state index in [-0.39, 0.29) is 39.6 Å². The molecule has 5 aliphatic carbocycles. The van der Waals surface area contributed by atoms with Crippen molar-refractivity contribution < 1.29 is 15.0 Å². The molecule has 2 N–H and O–H groups in total. The Morgan fingerprint density at radius 2 is 1.55 bits per heavy atom. The van der Waals surface area contributed by atoms with Crippen LogP contribution in [-0.4, -0.2) is 28.2 Å². The van der Waals surface area contributed by atoms with Crippen molar-refractivity contribution in [2.75, 3.05) is 6.61 Å². The molecule has 0 bridgehead atoms. The van der Waals surface area contributed by atoms with E-state index >= 15 is 0 Å². The lowest BCUT2D eigenvalue weighted by Crippen LogP contribution is -2.66. The molecule has 0 radical (unpaired) electrons. The van der Waals surface area contributed by atoms with Crippen LogP contribution in [0.25, 0.3) is 0 Å². The van der Waals surface area contributed by atoms with Crippen LogP contribution in [0.2, 0.25) is 0 Å². The fourth-order valence-corrected chi connectivity index (χ4v) is 11.6. The van der Waals surface area contributed by atoms with Gasteiger partial charge in [-0.2, -0.15) is 0 Å². The molecule has 0 aromatic heterocycles. The minimum atomic E-state index is -0.686. The van der Waals surface area contributed by atoms with Crippen LogP contribution in [0.1, 0.15) is 113 Å². The second kappa shape index (κ2) is 7.09. The van der Waals surface area contributed by atoms with Crippen LogP contribution in [-0.2, 0) is 4.79 Å². The number of ketones is 1. The van der Waals surface area contributed by atoms with Crippen molar-refractivity contribution >= 4 is 5.78 Å². The zero-order chi connectivity index (χ0) is 24.2. The molecule has 33 heavy (non-hydrogen) atoms. The van der Waals surface area contributed by atoms with Gasteiger partial charge in [-0.1, -0.05) is 34.6 Å². The maximum absolute atomic E-state index is 12.9. The topological polar surface area (TPSA) is 57.5 Å². The highest BCUT2D eigenvalue weighted by molar-refractivity contribution is 5.85. The third-order valence-corrected chi connectivity index (χ3v) is 13.6. The Labute approximate surface area is 202 Å². The van der Waals surface area contributed by atoms with Gasteiger partial charge in [0.1, 0.15) is 5.78 Å². The normalized spacial score (nSPS) is 53.6. The predicted molar refractivity (Wildman–Crippen MR) is 133 cm³/mol. The van der Waals surface area contributed by atoms with Gasteiger partial charge in [-0.15, -0.1) is 0 Å². The van der Waals surface area contributed by atoms with E-state index in [9.17, 15) is 15.0 Å². The van der Waals surface area contributed by atoms with Crippen LogP contribution >= 0.6 is 0 Å². The Kier molecular flexibility index (Phi) is 5.22. The van der Waals surface area contributed by atoms with E-state index in [0.717, 1.165) is 32.1 Å². The number of hydrogen-bond donors (Lipinski definition) is 2. The van der Waals surface area contributed by atoms with Gasteiger partial charge in [0, 0.05) is 18.4 Å². The zero-order valence-electron chi connectivity index (χ0n) is 22.5. The number of carbonyl (C=O) groups is 1. The molecule has 3 heteroatoms. The molecule has 5 rings (SSSR count). The third kappa shape index (κ3) is 2.90. The van der Waals surface area contributed by atoms with E-state index < -0.39 is 5.60 Å². The number of rotatable bonds is 2. The number of Topliss-reactive ketones (excluding diaryl/α,β-unsaturated/α-hetero) is 1. The van der Waals surface area contributed by atoms with Gasteiger partial charge in [0.05, 0.1) is 5.60 Å². The van der Waals surface area contributed by atoms with E-state index in [1.807, 2.05) is 13.8 Å². The van der Waals surface area contributed by atoms with Crippen molar-refractivity contribution in [1.29, 1.82) is 0 Å². The lowest BCUT2D eigenvalue weighted by molar-refractivity contribution is -0.241. The molecule has 0 heterocycles. The fraction of sp³-hybridized carbons (Fsp3) is 0.967. The Morgan fingerprint density at radius 1 is 0.848 bits per heavy atom. The van der Waals surface area contributed by atoms with Crippen LogP contribution in [0, 0.1) is 56.7 Å². The Hall–Kier alpha value is -0.410. The van der Waals surface area contributed by atoms with E-state index in [1.165, 1.54) is 32.1 Å². The molecule has 3 nitrogen and oxygen atoms in total. The zero-order valence-corrected chi connectivity index (χ0v) is 22.5. The van der Waals surface area contributed by atoms with E-state index in [1.54, 1.807) is 0 Å². The number of aliphatic hydroxyl groups excluding tert-OH is 1. The smallest absolute Gasteiger partial charge is 0.138 e. The van der Waals surface area contributed by atoms with E-state index in [0.29, 0.717) is 29.5 Å². The summed E-state index contributed by atoms with van der Waals surface area (Å²) in [5, 5.41) is 21.9. The highest BCUT2D eigenvalue weighted by Crippen LogP contribution is 2.77. The Morgan fingerprint density at radius 3 is 2.18 bits per heavy atom. The monoisotopic (exact) mass is 458 g/mol. The predicted octanol–water partition coefficient (Wildman–Crippen LogP) is 6.40. The summed E-state index contributed by atoms with van der Waals surface area (Å²) in [5.41, 5.74) is -0.108. The quantitative estimate of drug-likeness (QED) is 0.503. The number of carbonyl (C=O) groups excluding carboxylic acids is 1. The standard InChI is InChI=1S/C30H50O3/c1-25(2)21-11-14-29(7)22(27(21,5)13-12-23(25)32)9-8-20-24-19(26(3,4)33)10-15-30(24,18-31)17-16-28(20,29)6/h19-22,24,31,33H,8-18H2,1-7H3. The first-order valence-electron chi connectivity index (χ1n) is 14.0. The summed E-state index contributed by atoms with van der Waals surface area (Å²) >= 11 is 0. The SMILES string of the molecule is CC(C)(O)C1CCC2(CO)CCC3(C)C(CCC4C5(C)CCC(=O)C(C)(C)C5CCC43C)C12. The van der Waals surface area contributed by atoms with Crippen LogP contribution in [0.5, 0.6) is 0 Å². The number of hydrogen-bond acceptors (Lipinski definition) is 3. The lowest BCUT2D eigenvalue weighted by Gasteiger charge is -2.72. The summed E-state index contributed by atoms with van der Waals surface area (Å²) in [6.45, 7) is 16.5. The summed E-state index contributed by atoms with van der Waals surface area (Å²) in [7, 11) is 0. The maximum atomic E-state index is 12.9. The van der Waals surface area contributed by atoms with Crippen LogP contribution in [0.15, 0.2) is 0 Å². The Bertz CT molecular complexity index is 825. The summed E-state index contributed by atoms with van der Waals surface area (Å²) in [6.07, 6.45) is 11.2. The summed E-state index contributed by atoms with van der Waals surface area (Å²) < 4.78 is 0. The lowest BCUT2D eigenvalue weighted by atomic mass is 9.32. The molecule has 0 amide bonds. The Balaban J connectivity index is 1.56. The van der Waals surface area contributed by atoms with Crippen molar-refractivity contribution in [3.8, 4) is 0 Å². The van der Waals surface area contributed by atoms with Crippen molar-refractivity contribution in [2.45, 2.75) is 118 Å². The molecule has 0 aromatic carbocycles. The number of fused-ring (bicyclic) bond motifs is 7. The molecule has 188 valence electrons. The first-order chi connectivity index (χ1) is 15.2. The van der Waals surface area contributed by atoms with Crippen LogP contribution in [0.3, 0.4) is 0 Å². The first kappa shape index (κ1) is 24.3. The van der Waals surface area contributed by atoms with Gasteiger partial charge in [0.25, 0.3) is 0 Å². The minimum absolute atomic E-state index is 0.0123. The second-order valence-corrected chi connectivity index (χ2v) is 15.2. The second-order valence-electron chi connectivity index (χ2n) is 15.2. The average molecular weight is 459 g/mol. The van der Waals surface area contributed by atoms with Gasteiger partial charge in [-0.05, 0) is 123 Å². The number of aliphatic hydroxyl groups is 2. The highest BCUT2D eigenvalue weighted by atomic mass is 16.3. The van der Waals surface area contributed by atoms with Crippen molar-refractivity contribution in [3.05, 3.63) is 0 Å². The molecule has 5 aliphatic rings. The molecule has 0 saturated heterocycles. The van der Waals surface area contributed by atoms with Gasteiger partial charge in [-0.25, -0.2) is 0 Å². The molecule has 9 atom stereocenters. The third-order valence-electron chi connectivity index (χ3n) is 13.6. The molecule has 0 spiro atoms. The van der Waals surface area contributed by atoms with Gasteiger partial charge in [0.15, 0.2) is 0 Å². The van der Waals surface area contributed by atoms with E-state index in [4.69, 9.17) is 0 Å². The molecule has 5 saturated carbocycles. The fourth-order valence-electron chi connectivity index (χ4n) is 11.6. The maximum Gasteiger partial charge on any atom is 0.138 e. The minimum Gasteiger partial charge on any atom is -0.396 e. The molecular weight excluding hydrogens is 408 g/mol. The highest BCUT2D eigenvalue weighted by Gasteiger charge is 2.71. The molecular formula is C30H50O3. The summed E-state index contributed by atoms with van der Waals surface area (Å²) in [6, 6.07) is 0. The van der Waals surface area contributed by atoms with Gasteiger partial charge >= 0.3 is 0 Å². The molecule has 5 fully saturated rings. The molecule has 9 unspecified atom stereocenters. The average Bonchev–Trinajstić information content (AvgIpc) is 3.12. The van der Waals surface area contributed by atoms with Gasteiger partial charge in [-0.3, -0.25) is 4.79 Å². The van der Waals surface area contributed by atoms with Crippen molar-refractivity contribution in [2.24, 2.45) is 56.7 Å². The van der Waals surface area contributed by atoms with Crippen molar-refractivity contribution in [3.63, 3.8) is 0 Å². The summed E-state index contributed by atoms with van der Waals surface area (Å²) in [4.78, 5) is 12.9. The van der Waals surface area contributed by atoms with Gasteiger partial charge < -0.3 is 10.2 Å². The van der Waals surface area contributed by atoms with Crippen LogP contribution < -0.4 is 0 Å². The molecule has 0 aromatic rings. The first-order valence-corrected chi connectivity index (χ1v) is 14.0.